The Hall–Kier alpha value is -1.76. The number of diazo groups is 1. The first-order valence-corrected chi connectivity index (χ1v) is 4.08. The second kappa shape index (κ2) is 4.99. The van der Waals surface area contributed by atoms with Crippen LogP contribution in [0.5, 0.6) is 0 Å². The summed E-state index contributed by atoms with van der Waals surface area (Å²) < 4.78 is 0. The van der Waals surface area contributed by atoms with Crippen LogP contribution < -0.4 is 0 Å². The third-order valence-corrected chi connectivity index (χ3v) is 1.65. The molecule has 0 aromatic carbocycles. The summed E-state index contributed by atoms with van der Waals surface area (Å²) in [6, 6.07) is 3.45. The number of hydrogen-bond acceptors (Lipinski definition) is 3. The Balaban J connectivity index is 2.46. The largest absolute Gasteiger partial charge is 0.306 e. The minimum Gasteiger partial charge on any atom is -0.294 e. The van der Waals surface area contributed by atoms with Gasteiger partial charge in [0.1, 0.15) is 4.98 Å². The minimum absolute atomic E-state index is 0.0387. The topological polar surface area (TPSA) is 58.1 Å². The Morgan fingerprint density at radius 1 is 1.62 bits per heavy atom. The summed E-state index contributed by atoms with van der Waals surface area (Å²) >= 11 is 0. The fraction of sp³-hybridized carbons (Fsp3) is 0.333. The normalized spacial score (nSPS) is 9.15. The van der Waals surface area contributed by atoms with E-state index in [2.05, 4.69) is 9.96 Å². The number of aromatic nitrogens is 1. The molecule has 1 aromatic rings. The molecule has 0 bridgehead atoms. The van der Waals surface area contributed by atoms with E-state index in [1.165, 1.54) is 0 Å². The maximum Gasteiger partial charge on any atom is 0.306 e. The van der Waals surface area contributed by atoms with Crippen LogP contribution in [0.25, 0.3) is 4.98 Å². The molecule has 0 radical (unpaired) electrons. The minimum atomic E-state index is 0.0387. The molecule has 0 aliphatic rings. The van der Waals surface area contributed by atoms with Gasteiger partial charge in [-0.15, -0.1) is 0 Å². The second-order valence-corrected chi connectivity index (χ2v) is 2.63. The van der Waals surface area contributed by atoms with Gasteiger partial charge in [-0.3, -0.25) is 9.78 Å². The van der Waals surface area contributed by atoms with Gasteiger partial charge in [0.2, 0.25) is 5.39 Å². The number of hydrogen-bond donors (Lipinski definition) is 0. The third-order valence-electron chi connectivity index (χ3n) is 1.65. The molecule has 0 amide bonds. The molecule has 0 unspecified atom stereocenters. The Bertz CT molecular complexity index is 315. The van der Waals surface area contributed by atoms with E-state index in [1.54, 1.807) is 24.5 Å². The average Bonchev–Trinajstić information content (AvgIpc) is 2.19. The van der Waals surface area contributed by atoms with Gasteiger partial charge in [-0.05, 0) is 12.1 Å². The van der Waals surface area contributed by atoms with E-state index >= 15 is 0 Å². The van der Waals surface area contributed by atoms with Crippen LogP contribution >= 0.6 is 0 Å². The highest BCUT2D eigenvalue weighted by atomic mass is 16.1. The standard InChI is InChI=1S/C9H10N3O/c10-12-6-2-4-9(13)8-3-1-5-11-7-8/h1,3,5,7H,2,4,6H2/q+1. The Morgan fingerprint density at radius 2 is 2.46 bits per heavy atom. The van der Waals surface area contributed by atoms with Crippen molar-refractivity contribution in [2.45, 2.75) is 12.8 Å². The molecule has 1 aromatic heterocycles. The lowest BCUT2D eigenvalue weighted by Crippen LogP contribution is -1.99. The molecule has 0 atom stereocenters. The molecule has 4 heteroatoms. The summed E-state index contributed by atoms with van der Waals surface area (Å²) in [6.07, 6.45) is 4.14. The van der Waals surface area contributed by atoms with Crippen molar-refractivity contribution in [3.8, 4) is 0 Å². The smallest absolute Gasteiger partial charge is 0.294 e. The summed E-state index contributed by atoms with van der Waals surface area (Å²) in [5, 5.41) is 8.15. The van der Waals surface area contributed by atoms with E-state index in [-0.39, 0.29) is 5.78 Å². The summed E-state index contributed by atoms with van der Waals surface area (Å²) in [5.74, 6) is 0.0387. The van der Waals surface area contributed by atoms with Gasteiger partial charge < -0.3 is 0 Å². The van der Waals surface area contributed by atoms with E-state index in [0.29, 0.717) is 24.9 Å². The van der Waals surface area contributed by atoms with Gasteiger partial charge in [-0.25, -0.2) is 0 Å². The highest BCUT2D eigenvalue weighted by Crippen LogP contribution is 2.03. The van der Waals surface area contributed by atoms with Crippen LogP contribution in [0.1, 0.15) is 23.2 Å². The van der Waals surface area contributed by atoms with Gasteiger partial charge in [0.25, 0.3) is 0 Å². The molecule has 4 nitrogen and oxygen atoms in total. The number of pyridine rings is 1. The van der Waals surface area contributed by atoms with Gasteiger partial charge in [0.05, 0.1) is 0 Å². The van der Waals surface area contributed by atoms with E-state index in [9.17, 15) is 4.79 Å². The van der Waals surface area contributed by atoms with Crippen LogP contribution in [0.3, 0.4) is 0 Å². The van der Waals surface area contributed by atoms with E-state index in [4.69, 9.17) is 5.39 Å². The molecule has 66 valence electrons. The van der Waals surface area contributed by atoms with Gasteiger partial charge in [0, 0.05) is 30.8 Å². The van der Waals surface area contributed by atoms with Crippen molar-refractivity contribution < 1.29 is 4.79 Å². The van der Waals surface area contributed by atoms with Crippen LogP contribution in [-0.2, 0) is 0 Å². The molecule has 1 rings (SSSR count). The molecular weight excluding hydrogens is 166 g/mol. The first kappa shape index (κ1) is 9.33. The van der Waals surface area contributed by atoms with Crippen LogP contribution in [0.15, 0.2) is 24.5 Å². The molecule has 1 heterocycles. The molecule has 0 spiro atoms. The lowest BCUT2D eigenvalue weighted by atomic mass is 10.1. The van der Waals surface area contributed by atoms with Gasteiger partial charge in [-0.1, -0.05) is 0 Å². The van der Waals surface area contributed by atoms with Crippen molar-refractivity contribution in [1.82, 2.24) is 4.98 Å². The zero-order valence-electron chi connectivity index (χ0n) is 7.18. The Labute approximate surface area is 76.2 Å². The molecule has 0 aliphatic carbocycles. The average molecular weight is 176 g/mol. The maximum atomic E-state index is 11.4. The number of Topliss-reactive ketones (excluding diaryl/α,β-unsaturated/α-hetero) is 1. The van der Waals surface area contributed by atoms with Crippen LogP contribution in [0.4, 0.5) is 0 Å². The van der Waals surface area contributed by atoms with E-state index in [1.807, 2.05) is 0 Å². The highest BCUT2D eigenvalue weighted by Gasteiger charge is 2.06. The Kier molecular flexibility index (Phi) is 3.58. The predicted molar refractivity (Wildman–Crippen MR) is 47.8 cm³/mol. The fourth-order valence-electron chi connectivity index (χ4n) is 0.982. The summed E-state index contributed by atoms with van der Waals surface area (Å²) in [6.45, 7) is 0.312. The number of nitrogens with zero attached hydrogens (tertiary/aromatic N) is 3. The lowest BCUT2D eigenvalue weighted by Gasteiger charge is -1.95. The van der Waals surface area contributed by atoms with Crippen molar-refractivity contribution in [2.24, 2.45) is 0 Å². The van der Waals surface area contributed by atoms with E-state index in [0.717, 1.165) is 0 Å². The second-order valence-electron chi connectivity index (χ2n) is 2.63. The quantitative estimate of drug-likeness (QED) is 0.400. The van der Waals surface area contributed by atoms with Crippen molar-refractivity contribution >= 4 is 5.78 Å². The van der Waals surface area contributed by atoms with Crippen molar-refractivity contribution in [2.75, 3.05) is 6.54 Å². The highest BCUT2D eigenvalue weighted by molar-refractivity contribution is 5.95. The third kappa shape index (κ3) is 2.99. The molecule has 0 fully saturated rings. The number of rotatable bonds is 4. The first-order chi connectivity index (χ1) is 6.34. The van der Waals surface area contributed by atoms with Gasteiger partial charge in [-0.2, -0.15) is 0 Å². The SMILES string of the molecule is N#[N+]CCCC(=O)c1cccnc1. The summed E-state index contributed by atoms with van der Waals surface area (Å²) in [7, 11) is 0. The summed E-state index contributed by atoms with van der Waals surface area (Å²) in [5.41, 5.74) is 0.612. The molecular formula is C9H10N3O+. The number of carbonyl (C=O) groups excluding carboxylic acids is 1. The zero-order valence-corrected chi connectivity index (χ0v) is 7.18. The van der Waals surface area contributed by atoms with Crippen LogP contribution in [0, 0.1) is 5.39 Å². The zero-order chi connectivity index (χ0) is 9.52. The van der Waals surface area contributed by atoms with Crippen molar-refractivity contribution in [3.05, 3.63) is 35.1 Å². The Morgan fingerprint density at radius 3 is 3.08 bits per heavy atom. The first-order valence-electron chi connectivity index (χ1n) is 4.08. The lowest BCUT2D eigenvalue weighted by molar-refractivity contribution is 0.0981. The molecule has 0 aliphatic heterocycles. The monoisotopic (exact) mass is 176 g/mol. The van der Waals surface area contributed by atoms with Crippen LogP contribution in [0.2, 0.25) is 0 Å². The van der Waals surface area contributed by atoms with E-state index < -0.39 is 0 Å². The molecule has 13 heavy (non-hydrogen) atoms. The molecule has 0 saturated heterocycles. The molecule has 0 saturated carbocycles. The van der Waals surface area contributed by atoms with Gasteiger partial charge in [0.15, 0.2) is 5.78 Å². The number of carbonyl (C=O) groups is 1. The van der Waals surface area contributed by atoms with Crippen molar-refractivity contribution in [3.63, 3.8) is 0 Å². The predicted octanol–water partition coefficient (Wildman–Crippen LogP) is 1.90. The molecule has 0 N–H and O–H groups in total. The van der Waals surface area contributed by atoms with Crippen LogP contribution in [-0.4, -0.2) is 17.3 Å². The number of ketones is 1. The fourth-order valence-corrected chi connectivity index (χ4v) is 0.982. The summed E-state index contributed by atoms with van der Waals surface area (Å²) in [4.78, 5) is 18.1. The van der Waals surface area contributed by atoms with Gasteiger partial charge >= 0.3 is 6.54 Å². The maximum absolute atomic E-state index is 11.4. The van der Waals surface area contributed by atoms with Crippen molar-refractivity contribution in [1.29, 1.82) is 5.39 Å².